The van der Waals surface area contributed by atoms with Gasteiger partial charge in [0.1, 0.15) is 5.82 Å². The average molecular weight is 415 g/mol. The SMILES string of the molecule is Cc1cc(Br)ccc1NC(=O)CNC(=O)CCc1nc2ccccc2[nH]1. The van der Waals surface area contributed by atoms with Crippen LogP contribution in [-0.4, -0.2) is 28.3 Å². The van der Waals surface area contributed by atoms with Gasteiger partial charge in [-0.15, -0.1) is 0 Å². The molecule has 134 valence electrons. The number of aromatic amines is 1. The highest BCUT2D eigenvalue weighted by molar-refractivity contribution is 9.10. The molecular weight excluding hydrogens is 396 g/mol. The van der Waals surface area contributed by atoms with E-state index in [-0.39, 0.29) is 24.8 Å². The van der Waals surface area contributed by atoms with Crippen molar-refractivity contribution in [3.8, 4) is 0 Å². The lowest BCUT2D eigenvalue weighted by Gasteiger charge is -2.09. The summed E-state index contributed by atoms with van der Waals surface area (Å²) in [6.45, 7) is 1.85. The molecule has 0 fully saturated rings. The largest absolute Gasteiger partial charge is 0.347 e. The predicted octanol–water partition coefficient (Wildman–Crippen LogP) is 3.32. The monoisotopic (exact) mass is 414 g/mol. The van der Waals surface area contributed by atoms with E-state index in [0.717, 1.165) is 32.6 Å². The summed E-state index contributed by atoms with van der Waals surface area (Å²) in [7, 11) is 0. The zero-order valence-electron chi connectivity index (χ0n) is 14.3. The van der Waals surface area contributed by atoms with Crippen molar-refractivity contribution in [1.29, 1.82) is 0 Å². The number of aromatic nitrogens is 2. The van der Waals surface area contributed by atoms with Crippen molar-refractivity contribution in [2.24, 2.45) is 0 Å². The summed E-state index contributed by atoms with van der Waals surface area (Å²) in [6.07, 6.45) is 0.762. The van der Waals surface area contributed by atoms with Crippen LogP contribution in [0.5, 0.6) is 0 Å². The lowest BCUT2D eigenvalue weighted by molar-refractivity contribution is -0.124. The molecule has 2 amide bonds. The number of fused-ring (bicyclic) bond motifs is 1. The molecule has 26 heavy (non-hydrogen) atoms. The fraction of sp³-hybridized carbons (Fsp3) is 0.211. The number of carbonyl (C=O) groups is 2. The highest BCUT2D eigenvalue weighted by atomic mass is 79.9. The van der Waals surface area contributed by atoms with E-state index < -0.39 is 0 Å². The second kappa shape index (κ2) is 8.14. The third kappa shape index (κ3) is 4.70. The third-order valence-electron chi connectivity index (χ3n) is 3.94. The van der Waals surface area contributed by atoms with Gasteiger partial charge in [0, 0.05) is 23.0 Å². The summed E-state index contributed by atoms with van der Waals surface area (Å²) in [6, 6.07) is 13.3. The Labute approximate surface area is 159 Å². The van der Waals surface area contributed by atoms with Gasteiger partial charge in [-0.25, -0.2) is 4.98 Å². The quantitative estimate of drug-likeness (QED) is 0.577. The first-order valence-electron chi connectivity index (χ1n) is 8.27. The summed E-state index contributed by atoms with van der Waals surface area (Å²) < 4.78 is 0.951. The minimum Gasteiger partial charge on any atom is -0.347 e. The number of amides is 2. The Hall–Kier alpha value is -2.67. The molecule has 0 aliphatic heterocycles. The number of hydrogen-bond donors (Lipinski definition) is 3. The Morgan fingerprint density at radius 3 is 2.73 bits per heavy atom. The van der Waals surface area contributed by atoms with Crippen LogP contribution >= 0.6 is 15.9 Å². The standard InChI is InChI=1S/C19H19BrN4O2/c1-12-10-13(20)6-7-14(12)24-19(26)11-21-18(25)9-8-17-22-15-4-2-3-5-16(15)23-17/h2-7,10H,8-9,11H2,1H3,(H,21,25)(H,22,23)(H,24,26). The van der Waals surface area contributed by atoms with Crippen LogP contribution in [0.1, 0.15) is 17.8 Å². The van der Waals surface area contributed by atoms with Crippen molar-refractivity contribution in [3.05, 3.63) is 58.3 Å². The van der Waals surface area contributed by atoms with Gasteiger partial charge < -0.3 is 15.6 Å². The molecule has 1 aromatic heterocycles. The van der Waals surface area contributed by atoms with Crippen LogP contribution in [0.3, 0.4) is 0 Å². The van der Waals surface area contributed by atoms with Gasteiger partial charge >= 0.3 is 0 Å². The second-order valence-corrected chi connectivity index (χ2v) is 6.90. The number of H-pyrrole nitrogens is 1. The Morgan fingerprint density at radius 1 is 1.15 bits per heavy atom. The number of para-hydroxylation sites is 2. The van der Waals surface area contributed by atoms with Crippen molar-refractivity contribution < 1.29 is 9.59 Å². The molecule has 6 nitrogen and oxygen atoms in total. The van der Waals surface area contributed by atoms with Gasteiger partial charge in [-0.2, -0.15) is 0 Å². The zero-order chi connectivity index (χ0) is 18.5. The smallest absolute Gasteiger partial charge is 0.243 e. The van der Waals surface area contributed by atoms with Gasteiger partial charge in [-0.05, 0) is 42.8 Å². The normalized spacial score (nSPS) is 10.7. The van der Waals surface area contributed by atoms with Crippen LogP contribution in [0.4, 0.5) is 5.69 Å². The molecule has 0 saturated carbocycles. The highest BCUT2D eigenvalue weighted by Crippen LogP contribution is 2.19. The minimum absolute atomic E-state index is 0.0610. The maximum Gasteiger partial charge on any atom is 0.243 e. The summed E-state index contributed by atoms with van der Waals surface area (Å²) in [5.74, 6) is 0.317. The molecule has 0 bridgehead atoms. The highest BCUT2D eigenvalue weighted by Gasteiger charge is 2.09. The van der Waals surface area contributed by atoms with E-state index in [2.05, 4.69) is 36.5 Å². The fourth-order valence-electron chi connectivity index (χ4n) is 2.58. The van der Waals surface area contributed by atoms with E-state index in [1.807, 2.05) is 49.4 Å². The first kappa shape index (κ1) is 18.1. The third-order valence-corrected chi connectivity index (χ3v) is 4.43. The molecule has 3 N–H and O–H groups in total. The van der Waals surface area contributed by atoms with Crippen LogP contribution in [0.15, 0.2) is 46.9 Å². The van der Waals surface area contributed by atoms with Crippen molar-refractivity contribution in [3.63, 3.8) is 0 Å². The van der Waals surface area contributed by atoms with Gasteiger partial charge in [0.2, 0.25) is 11.8 Å². The number of anilines is 1. The molecule has 0 atom stereocenters. The number of halogens is 1. The number of carbonyl (C=O) groups excluding carboxylic acids is 2. The maximum atomic E-state index is 12.0. The Balaban J connectivity index is 1.45. The molecule has 3 rings (SSSR count). The number of aryl methyl sites for hydroxylation is 2. The summed E-state index contributed by atoms with van der Waals surface area (Å²) in [5.41, 5.74) is 3.51. The van der Waals surface area contributed by atoms with Gasteiger partial charge in [0.25, 0.3) is 0 Å². The summed E-state index contributed by atoms with van der Waals surface area (Å²) in [5, 5.41) is 5.43. The average Bonchev–Trinajstić information content (AvgIpc) is 3.03. The minimum atomic E-state index is -0.257. The molecule has 0 aliphatic carbocycles. The van der Waals surface area contributed by atoms with Gasteiger partial charge in [-0.1, -0.05) is 28.1 Å². The van der Waals surface area contributed by atoms with Crippen LogP contribution in [0.2, 0.25) is 0 Å². The number of rotatable bonds is 6. The molecule has 0 saturated heterocycles. The molecule has 0 radical (unpaired) electrons. The topological polar surface area (TPSA) is 86.9 Å². The Kier molecular flexibility index (Phi) is 5.68. The van der Waals surface area contributed by atoms with E-state index >= 15 is 0 Å². The molecule has 2 aromatic carbocycles. The Bertz CT molecular complexity index is 919. The number of hydrogen-bond acceptors (Lipinski definition) is 3. The van der Waals surface area contributed by atoms with E-state index in [9.17, 15) is 9.59 Å². The van der Waals surface area contributed by atoms with Gasteiger partial charge in [0.15, 0.2) is 0 Å². The molecule has 0 spiro atoms. The van der Waals surface area contributed by atoms with Crippen LogP contribution in [0.25, 0.3) is 11.0 Å². The lowest BCUT2D eigenvalue weighted by Crippen LogP contribution is -2.33. The maximum absolute atomic E-state index is 12.0. The molecule has 1 heterocycles. The van der Waals surface area contributed by atoms with Crippen molar-refractivity contribution >= 4 is 44.5 Å². The zero-order valence-corrected chi connectivity index (χ0v) is 15.9. The molecular formula is C19H19BrN4O2. The van der Waals surface area contributed by atoms with Crippen LogP contribution in [-0.2, 0) is 16.0 Å². The summed E-state index contributed by atoms with van der Waals surface area (Å²) >= 11 is 3.38. The van der Waals surface area contributed by atoms with E-state index in [1.165, 1.54) is 0 Å². The number of benzene rings is 2. The molecule has 3 aromatic rings. The Morgan fingerprint density at radius 2 is 1.96 bits per heavy atom. The van der Waals surface area contributed by atoms with E-state index in [4.69, 9.17) is 0 Å². The van der Waals surface area contributed by atoms with Crippen LogP contribution in [0, 0.1) is 6.92 Å². The molecule has 7 heteroatoms. The lowest BCUT2D eigenvalue weighted by atomic mass is 10.2. The van der Waals surface area contributed by atoms with Crippen LogP contribution < -0.4 is 10.6 Å². The first-order chi connectivity index (χ1) is 12.5. The predicted molar refractivity (Wildman–Crippen MR) is 105 cm³/mol. The molecule has 0 unspecified atom stereocenters. The first-order valence-corrected chi connectivity index (χ1v) is 9.07. The van der Waals surface area contributed by atoms with Crippen molar-refractivity contribution in [2.75, 3.05) is 11.9 Å². The number of nitrogens with one attached hydrogen (secondary N) is 3. The van der Waals surface area contributed by atoms with Gasteiger partial charge in [-0.3, -0.25) is 9.59 Å². The van der Waals surface area contributed by atoms with Gasteiger partial charge in [0.05, 0.1) is 17.6 Å². The second-order valence-electron chi connectivity index (χ2n) is 5.98. The molecule has 0 aliphatic rings. The number of nitrogens with zero attached hydrogens (tertiary/aromatic N) is 1. The number of imidazole rings is 1. The fourth-order valence-corrected chi connectivity index (χ4v) is 3.06. The van der Waals surface area contributed by atoms with E-state index in [0.29, 0.717) is 6.42 Å². The summed E-state index contributed by atoms with van der Waals surface area (Å²) in [4.78, 5) is 31.6. The van der Waals surface area contributed by atoms with Crippen molar-refractivity contribution in [2.45, 2.75) is 19.8 Å². The van der Waals surface area contributed by atoms with Crippen molar-refractivity contribution in [1.82, 2.24) is 15.3 Å². The van der Waals surface area contributed by atoms with E-state index in [1.54, 1.807) is 0 Å².